The molecule has 0 aliphatic carbocycles. The lowest BCUT2D eigenvalue weighted by atomic mass is 9.88. The molecule has 3 aromatic heterocycles. The smallest absolute Gasteiger partial charge is 0.137 e. The largest absolute Gasteiger partial charge is 0.457 e. The van der Waals surface area contributed by atoms with Crippen LogP contribution in [0.1, 0.15) is 47.1 Å². The van der Waals surface area contributed by atoms with Crippen LogP contribution in [0.5, 0.6) is 11.5 Å². The molecular formula is C44H40N4OS. The molecule has 9 rings (SSSR count). The van der Waals surface area contributed by atoms with E-state index in [1.165, 1.54) is 47.9 Å². The lowest BCUT2D eigenvalue weighted by Gasteiger charge is -2.34. The van der Waals surface area contributed by atoms with Crippen molar-refractivity contribution >= 4 is 70.4 Å². The molecule has 248 valence electrons. The monoisotopic (exact) mass is 672 g/mol. The van der Waals surface area contributed by atoms with E-state index in [9.17, 15) is 0 Å². The Morgan fingerprint density at radius 1 is 0.660 bits per heavy atom. The Kier molecular flexibility index (Phi) is 6.81. The summed E-state index contributed by atoms with van der Waals surface area (Å²) in [6, 6.07) is 41.2. The number of hydrogen-bond donors (Lipinski definition) is 0. The lowest BCUT2D eigenvalue weighted by Crippen LogP contribution is -2.42. The molecule has 4 heterocycles. The molecule has 1 aliphatic rings. The van der Waals surface area contributed by atoms with Gasteiger partial charge in [0, 0.05) is 60.5 Å². The van der Waals surface area contributed by atoms with Crippen LogP contribution in [-0.2, 0) is 5.41 Å². The van der Waals surface area contributed by atoms with Crippen LogP contribution in [0.15, 0.2) is 121 Å². The van der Waals surface area contributed by atoms with Crippen molar-refractivity contribution in [2.24, 2.45) is 0 Å². The highest BCUT2D eigenvalue weighted by Gasteiger charge is 2.33. The lowest BCUT2D eigenvalue weighted by molar-refractivity contribution is 0.483. The number of thiophene rings is 1. The van der Waals surface area contributed by atoms with Gasteiger partial charge in [-0.3, -0.25) is 4.57 Å². The van der Waals surface area contributed by atoms with Crippen molar-refractivity contribution in [2.45, 2.75) is 52.5 Å². The van der Waals surface area contributed by atoms with Crippen molar-refractivity contribution in [3.05, 3.63) is 127 Å². The second kappa shape index (κ2) is 11.1. The van der Waals surface area contributed by atoms with E-state index in [2.05, 4.69) is 165 Å². The summed E-state index contributed by atoms with van der Waals surface area (Å²) in [6.45, 7) is 14.3. The third kappa shape index (κ3) is 4.92. The second-order valence-electron chi connectivity index (χ2n) is 15.4. The minimum atomic E-state index is -0.00571. The first kappa shape index (κ1) is 30.7. The number of fused-ring (bicyclic) bond motifs is 8. The Bertz CT molecular complexity index is 2600. The molecule has 1 aliphatic heterocycles. The van der Waals surface area contributed by atoms with Gasteiger partial charge in [0.1, 0.15) is 17.3 Å². The van der Waals surface area contributed by atoms with Gasteiger partial charge in [0.15, 0.2) is 0 Å². The predicted molar refractivity (Wildman–Crippen MR) is 212 cm³/mol. The molecule has 6 heteroatoms. The highest BCUT2D eigenvalue weighted by molar-refractivity contribution is 7.26. The molecule has 5 nitrogen and oxygen atoms in total. The number of pyridine rings is 1. The number of rotatable bonds is 4. The summed E-state index contributed by atoms with van der Waals surface area (Å²) in [5.74, 6) is 2.50. The summed E-state index contributed by atoms with van der Waals surface area (Å²) in [7, 11) is 0. The molecule has 5 aromatic carbocycles. The van der Waals surface area contributed by atoms with Crippen LogP contribution >= 0.6 is 11.3 Å². The zero-order valence-corrected chi connectivity index (χ0v) is 30.2. The molecule has 0 saturated heterocycles. The van der Waals surface area contributed by atoms with Crippen LogP contribution in [-0.4, -0.2) is 21.8 Å². The number of ether oxygens (including phenoxy) is 1. The molecule has 0 bridgehead atoms. The maximum Gasteiger partial charge on any atom is 0.137 e. The maximum absolute atomic E-state index is 6.70. The van der Waals surface area contributed by atoms with Gasteiger partial charge in [0.2, 0.25) is 0 Å². The number of aromatic nitrogens is 2. The molecule has 0 amide bonds. The molecule has 0 atom stereocenters. The second-order valence-corrected chi connectivity index (χ2v) is 16.4. The SMILES string of the molecule is CC(C)(C)c1ccnc(-n2c3cc(Oc4cccc(N5CN(C(C)(C)C)c6ccccc65)c4)ccc3c3c4sc5ccccc5c4ccc32)c1. The zero-order valence-electron chi connectivity index (χ0n) is 29.4. The molecule has 0 spiro atoms. The van der Waals surface area contributed by atoms with E-state index in [-0.39, 0.29) is 11.0 Å². The Morgan fingerprint density at radius 2 is 1.42 bits per heavy atom. The first-order valence-electron chi connectivity index (χ1n) is 17.3. The Balaban J connectivity index is 1.18. The molecule has 8 aromatic rings. The van der Waals surface area contributed by atoms with Gasteiger partial charge in [-0.15, -0.1) is 11.3 Å². The summed E-state index contributed by atoms with van der Waals surface area (Å²) in [5, 5.41) is 5.04. The standard InChI is InChI=1S/C44H40N4OS/c1-43(2,3)28-22-23-45-40(24-28)48-37-21-20-33-32-14-7-10-17-39(32)50-42(33)41(37)34-19-18-31(26-38(34)48)49-30-13-11-12-29(25-30)46-27-47(44(4,5)6)36-16-9-8-15-35(36)46/h7-26H,27H2,1-6H3. The molecule has 0 saturated carbocycles. The highest BCUT2D eigenvalue weighted by atomic mass is 32.1. The minimum absolute atomic E-state index is 0.00446. The summed E-state index contributed by atoms with van der Waals surface area (Å²) in [5.41, 5.74) is 7.03. The normalized spacial score (nSPS) is 13.6. The predicted octanol–water partition coefficient (Wildman–Crippen LogP) is 12.4. The first-order valence-corrected chi connectivity index (χ1v) is 18.1. The quantitative estimate of drug-likeness (QED) is 0.186. The maximum atomic E-state index is 6.70. The van der Waals surface area contributed by atoms with Crippen molar-refractivity contribution in [1.82, 2.24) is 9.55 Å². The van der Waals surface area contributed by atoms with Crippen LogP contribution in [0.4, 0.5) is 17.1 Å². The third-order valence-electron chi connectivity index (χ3n) is 10.0. The van der Waals surface area contributed by atoms with Crippen LogP contribution in [0.25, 0.3) is 47.8 Å². The Labute approximate surface area is 297 Å². The van der Waals surface area contributed by atoms with Gasteiger partial charge in [-0.2, -0.15) is 0 Å². The van der Waals surface area contributed by atoms with E-state index in [1.807, 2.05) is 23.6 Å². The Hall–Kier alpha value is -5.33. The fourth-order valence-electron chi connectivity index (χ4n) is 7.44. The van der Waals surface area contributed by atoms with Gasteiger partial charge in [0.25, 0.3) is 0 Å². The van der Waals surface area contributed by atoms with E-state index in [4.69, 9.17) is 9.72 Å². The Morgan fingerprint density at radius 3 is 2.24 bits per heavy atom. The topological polar surface area (TPSA) is 33.5 Å². The van der Waals surface area contributed by atoms with Crippen LogP contribution < -0.4 is 14.5 Å². The number of nitrogens with zero attached hydrogens (tertiary/aromatic N) is 4. The molecular weight excluding hydrogens is 633 g/mol. The molecule has 0 fully saturated rings. The van der Waals surface area contributed by atoms with E-state index in [1.54, 1.807) is 0 Å². The van der Waals surface area contributed by atoms with Gasteiger partial charge in [0.05, 0.1) is 29.1 Å². The zero-order chi connectivity index (χ0) is 34.4. The molecule has 0 radical (unpaired) electrons. The average molecular weight is 673 g/mol. The first-order chi connectivity index (χ1) is 24.0. The van der Waals surface area contributed by atoms with Gasteiger partial charge in [-0.05, 0) is 92.4 Å². The van der Waals surface area contributed by atoms with E-state index in [0.29, 0.717) is 0 Å². The highest BCUT2D eigenvalue weighted by Crippen LogP contribution is 2.46. The van der Waals surface area contributed by atoms with E-state index >= 15 is 0 Å². The number of anilines is 3. The van der Waals surface area contributed by atoms with Gasteiger partial charge >= 0.3 is 0 Å². The van der Waals surface area contributed by atoms with Gasteiger partial charge in [-0.1, -0.05) is 63.2 Å². The minimum Gasteiger partial charge on any atom is -0.457 e. The van der Waals surface area contributed by atoms with E-state index < -0.39 is 0 Å². The fourth-order valence-corrected chi connectivity index (χ4v) is 8.70. The average Bonchev–Trinajstić information content (AvgIpc) is 3.78. The van der Waals surface area contributed by atoms with Crippen molar-refractivity contribution in [2.75, 3.05) is 16.5 Å². The fraction of sp³-hybridized carbons (Fsp3) is 0.205. The molecule has 0 N–H and O–H groups in total. The molecule has 50 heavy (non-hydrogen) atoms. The van der Waals surface area contributed by atoms with Crippen LogP contribution in [0.3, 0.4) is 0 Å². The number of benzene rings is 5. The summed E-state index contributed by atoms with van der Waals surface area (Å²) in [4.78, 5) is 9.78. The van der Waals surface area contributed by atoms with Crippen molar-refractivity contribution in [3.63, 3.8) is 0 Å². The van der Waals surface area contributed by atoms with Crippen LogP contribution in [0.2, 0.25) is 0 Å². The van der Waals surface area contributed by atoms with Crippen LogP contribution in [0, 0.1) is 0 Å². The summed E-state index contributed by atoms with van der Waals surface area (Å²) < 4.78 is 11.6. The van der Waals surface area contributed by atoms with E-state index in [0.717, 1.165) is 40.7 Å². The van der Waals surface area contributed by atoms with Crippen molar-refractivity contribution in [1.29, 1.82) is 0 Å². The summed E-state index contributed by atoms with van der Waals surface area (Å²) in [6.07, 6.45) is 1.94. The number of hydrogen-bond acceptors (Lipinski definition) is 5. The van der Waals surface area contributed by atoms with Crippen molar-refractivity contribution < 1.29 is 4.74 Å². The third-order valence-corrected chi connectivity index (χ3v) is 11.2. The van der Waals surface area contributed by atoms with Gasteiger partial charge in [-0.25, -0.2) is 4.98 Å². The number of para-hydroxylation sites is 2. The summed E-state index contributed by atoms with van der Waals surface area (Å²) >= 11 is 1.87. The van der Waals surface area contributed by atoms with Crippen molar-refractivity contribution in [3.8, 4) is 17.3 Å². The molecule has 0 unspecified atom stereocenters. The van der Waals surface area contributed by atoms with Gasteiger partial charge < -0.3 is 14.5 Å².